The van der Waals surface area contributed by atoms with Gasteiger partial charge in [-0.25, -0.2) is 0 Å². The van der Waals surface area contributed by atoms with Crippen LogP contribution in [0.3, 0.4) is 0 Å². The highest BCUT2D eigenvalue weighted by Crippen LogP contribution is 2.22. The van der Waals surface area contributed by atoms with Crippen LogP contribution in [0.5, 0.6) is 0 Å². The number of likely N-dealkylation sites (tertiary alicyclic amines) is 1. The number of hydrogen-bond acceptors (Lipinski definition) is 2. The summed E-state index contributed by atoms with van der Waals surface area (Å²) in [7, 11) is 0. The van der Waals surface area contributed by atoms with E-state index in [1.165, 1.54) is 0 Å². The van der Waals surface area contributed by atoms with Crippen molar-refractivity contribution >= 4 is 11.9 Å². The van der Waals surface area contributed by atoms with Gasteiger partial charge in [0.15, 0.2) is 0 Å². The van der Waals surface area contributed by atoms with E-state index in [1.807, 2.05) is 13.8 Å². The third kappa shape index (κ3) is 3.22. The predicted molar refractivity (Wildman–Crippen MR) is 56.4 cm³/mol. The molecule has 1 amide bonds. The Morgan fingerprint density at radius 2 is 2.07 bits per heavy atom. The summed E-state index contributed by atoms with van der Waals surface area (Å²) in [6.07, 6.45) is 2.03. The summed E-state index contributed by atoms with van der Waals surface area (Å²) in [5, 5.41) is 8.95. The first-order valence-electron chi connectivity index (χ1n) is 5.55. The Balaban J connectivity index is 2.58. The molecule has 0 aromatic carbocycles. The Hall–Kier alpha value is -1.06. The molecule has 1 N–H and O–H groups in total. The molecular formula is C11H19NO3. The highest BCUT2D eigenvalue weighted by molar-refractivity contribution is 5.78. The van der Waals surface area contributed by atoms with Crippen molar-refractivity contribution in [1.29, 1.82) is 0 Å². The number of piperidine rings is 1. The summed E-state index contributed by atoms with van der Waals surface area (Å²) in [6, 6.07) is 0. The molecule has 1 fully saturated rings. The second kappa shape index (κ2) is 5.14. The van der Waals surface area contributed by atoms with E-state index in [1.54, 1.807) is 4.90 Å². The number of hydrogen-bond donors (Lipinski definition) is 1. The zero-order chi connectivity index (χ0) is 11.4. The van der Waals surface area contributed by atoms with E-state index in [0.717, 1.165) is 6.42 Å². The van der Waals surface area contributed by atoms with Gasteiger partial charge in [-0.3, -0.25) is 9.59 Å². The lowest BCUT2D eigenvalue weighted by molar-refractivity contribution is -0.146. The zero-order valence-electron chi connectivity index (χ0n) is 9.40. The lowest BCUT2D eigenvalue weighted by Crippen LogP contribution is -2.45. The Labute approximate surface area is 90.3 Å². The zero-order valence-corrected chi connectivity index (χ0v) is 9.40. The maximum absolute atomic E-state index is 11.6. The molecule has 1 heterocycles. The number of carboxylic acids is 1. The van der Waals surface area contributed by atoms with E-state index >= 15 is 0 Å². The van der Waals surface area contributed by atoms with Crippen LogP contribution in [0.4, 0.5) is 0 Å². The molecule has 0 aromatic heterocycles. The summed E-state index contributed by atoms with van der Waals surface area (Å²) >= 11 is 0. The minimum atomic E-state index is -0.782. The van der Waals surface area contributed by atoms with Crippen LogP contribution in [0, 0.1) is 11.8 Å². The van der Waals surface area contributed by atoms with E-state index in [2.05, 4.69) is 0 Å². The van der Waals surface area contributed by atoms with Crippen molar-refractivity contribution in [2.75, 3.05) is 13.1 Å². The largest absolute Gasteiger partial charge is 0.481 e. The predicted octanol–water partition coefficient (Wildman–Crippen LogP) is 1.36. The van der Waals surface area contributed by atoms with Gasteiger partial charge < -0.3 is 10.0 Å². The van der Waals surface area contributed by atoms with Crippen LogP contribution in [0.15, 0.2) is 0 Å². The van der Waals surface area contributed by atoms with Gasteiger partial charge in [0.25, 0.3) is 0 Å². The number of rotatable bonds is 3. The summed E-state index contributed by atoms with van der Waals surface area (Å²) < 4.78 is 0. The second-order valence-electron chi connectivity index (χ2n) is 4.42. The van der Waals surface area contributed by atoms with Gasteiger partial charge in [-0.2, -0.15) is 0 Å². The average Bonchev–Trinajstić information content (AvgIpc) is 2.17. The number of carbonyl (C=O) groups excluding carboxylic acids is 1. The van der Waals surface area contributed by atoms with Crippen molar-refractivity contribution in [3.05, 3.63) is 0 Å². The number of nitrogens with zero attached hydrogens (tertiary/aromatic N) is 1. The van der Waals surface area contributed by atoms with Crippen LogP contribution in [0.25, 0.3) is 0 Å². The van der Waals surface area contributed by atoms with Crippen LogP contribution in [-0.2, 0) is 9.59 Å². The van der Waals surface area contributed by atoms with Crippen molar-refractivity contribution in [2.24, 2.45) is 11.8 Å². The molecule has 4 heteroatoms. The van der Waals surface area contributed by atoms with Gasteiger partial charge in [0.1, 0.15) is 0 Å². The number of carbonyl (C=O) groups is 2. The van der Waals surface area contributed by atoms with Gasteiger partial charge >= 0.3 is 5.97 Å². The number of aliphatic carboxylic acids is 1. The van der Waals surface area contributed by atoms with Crippen LogP contribution in [-0.4, -0.2) is 35.0 Å². The molecule has 1 rings (SSSR count). The van der Waals surface area contributed by atoms with E-state index in [9.17, 15) is 9.59 Å². The third-order valence-electron chi connectivity index (χ3n) is 2.83. The summed E-state index contributed by atoms with van der Waals surface area (Å²) in [5.74, 6) is -0.777. The van der Waals surface area contributed by atoms with Gasteiger partial charge in [-0.1, -0.05) is 13.8 Å². The normalized spacial score (nSPS) is 26.4. The maximum Gasteiger partial charge on any atom is 0.308 e. The third-order valence-corrected chi connectivity index (χ3v) is 2.83. The minimum Gasteiger partial charge on any atom is -0.481 e. The van der Waals surface area contributed by atoms with Crippen LogP contribution in [0.2, 0.25) is 0 Å². The van der Waals surface area contributed by atoms with E-state index in [4.69, 9.17) is 5.11 Å². The standard InChI is InChI=1S/C11H19NO3/c1-3-4-10(13)12-6-8(2)5-9(7-12)11(14)15/h8-9H,3-7H2,1-2H3,(H,14,15). The Morgan fingerprint density at radius 3 is 2.60 bits per heavy atom. The topological polar surface area (TPSA) is 57.6 Å². The smallest absolute Gasteiger partial charge is 0.308 e. The molecule has 0 aromatic rings. The molecule has 1 saturated heterocycles. The Kier molecular flexibility index (Phi) is 4.12. The first-order chi connectivity index (χ1) is 7.04. The SMILES string of the molecule is CCCC(=O)N1CC(C)CC(C(=O)O)C1. The molecule has 0 aliphatic carbocycles. The van der Waals surface area contributed by atoms with Crippen LogP contribution in [0.1, 0.15) is 33.1 Å². The fourth-order valence-corrected chi connectivity index (χ4v) is 2.11. The molecule has 86 valence electrons. The molecule has 2 atom stereocenters. The van der Waals surface area contributed by atoms with Gasteiger partial charge in [-0.15, -0.1) is 0 Å². The molecule has 4 nitrogen and oxygen atoms in total. The van der Waals surface area contributed by atoms with Crippen LogP contribution >= 0.6 is 0 Å². The highest BCUT2D eigenvalue weighted by Gasteiger charge is 2.31. The summed E-state index contributed by atoms with van der Waals surface area (Å²) in [6.45, 7) is 5.06. The lowest BCUT2D eigenvalue weighted by atomic mass is 9.90. The monoisotopic (exact) mass is 213 g/mol. The highest BCUT2D eigenvalue weighted by atomic mass is 16.4. The van der Waals surface area contributed by atoms with Gasteiger partial charge in [0.05, 0.1) is 5.92 Å². The van der Waals surface area contributed by atoms with Gasteiger partial charge in [0.2, 0.25) is 5.91 Å². The molecule has 15 heavy (non-hydrogen) atoms. The maximum atomic E-state index is 11.6. The van der Waals surface area contributed by atoms with E-state index in [0.29, 0.717) is 31.8 Å². The molecule has 0 radical (unpaired) electrons. The molecule has 1 aliphatic heterocycles. The molecular weight excluding hydrogens is 194 g/mol. The van der Waals surface area contributed by atoms with E-state index in [-0.39, 0.29) is 11.8 Å². The summed E-state index contributed by atoms with van der Waals surface area (Å²) in [5.41, 5.74) is 0. The first kappa shape index (κ1) is 12.0. The van der Waals surface area contributed by atoms with Gasteiger partial charge in [0, 0.05) is 19.5 Å². The van der Waals surface area contributed by atoms with Crippen molar-refractivity contribution in [3.63, 3.8) is 0 Å². The quantitative estimate of drug-likeness (QED) is 0.770. The average molecular weight is 213 g/mol. The van der Waals surface area contributed by atoms with Gasteiger partial charge in [-0.05, 0) is 18.8 Å². The summed E-state index contributed by atoms with van der Waals surface area (Å²) in [4.78, 5) is 24.2. The number of amides is 1. The second-order valence-corrected chi connectivity index (χ2v) is 4.42. The van der Waals surface area contributed by atoms with Crippen molar-refractivity contribution in [2.45, 2.75) is 33.1 Å². The Bertz CT molecular complexity index is 252. The fourth-order valence-electron chi connectivity index (χ4n) is 2.11. The van der Waals surface area contributed by atoms with Crippen LogP contribution < -0.4 is 0 Å². The minimum absolute atomic E-state index is 0.0929. The molecule has 0 saturated carbocycles. The van der Waals surface area contributed by atoms with E-state index < -0.39 is 5.97 Å². The molecule has 0 spiro atoms. The molecule has 2 unspecified atom stereocenters. The van der Waals surface area contributed by atoms with Crippen molar-refractivity contribution in [1.82, 2.24) is 4.90 Å². The first-order valence-corrected chi connectivity index (χ1v) is 5.55. The number of carboxylic acid groups (broad SMARTS) is 1. The molecule has 0 bridgehead atoms. The molecule has 1 aliphatic rings. The van der Waals surface area contributed by atoms with Crippen molar-refractivity contribution < 1.29 is 14.7 Å². The fraction of sp³-hybridized carbons (Fsp3) is 0.818. The van der Waals surface area contributed by atoms with Crippen molar-refractivity contribution in [3.8, 4) is 0 Å². The lowest BCUT2D eigenvalue weighted by Gasteiger charge is -2.34. The Morgan fingerprint density at radius 1 is 1.40 bits per heavy atom.